The second kappa shape index (κ2) is 3.06. The Balaban J connectivity index is 3.14. The van der Waals surface area contributed by atoms with Gasteiger partial charge in [-0.2, -0.15) is 0 Å². The molecule has 0 aromatic rings. The largest absolute Gasteiger partial charge is 0.0651 e. The topological polar surface area (TPSA) is 0 Å². The lowest BCUT2D eigenvalue weighted by Crippen LogP contribution is -2.00. The van der Waals surface area contributed by atoms with Crippen molar-refractivity contribution < 1.29 is 0 Å². The van der Waals surface area contributed by atoms with E-state index >= 15 is 0 Å². The van der Waals surface area contributed by atoms with Gasteiger partial charge in [0, 0.05) is 0 Å². The van der Waals surface area contributed by atoms with Gasteiger partial charge >= 0.3 is 0 Å². The molecule has 0 aromatic carbocycles. The summed E-state index contributed by atoms with van der Waals surface area (Å²) < 4.78 is 0. The molecule has 0 amide bonds. The lowest BCUT2D eigenvalue weighted by atomic mass is 9.96. The Kier molecular flexibility index (Phi) is 3.06. The molecule has 0 aliphatic rings. The first kappa shape index (κ1) is 7.00. The minimum absolute atomic E-state index is 0.866. The maximum Gasteiger partial charge on any atom is -0.0422 e. The molecule has 44 valence electrons. The molecule has 0 N–H and O–H groups in total. The highest BCUT2D eigenvalue weighted by Crippen LogP contribution is 2.11. The van der Waals surface area contributed by atoms with Crippen LogP contribution in [0.1, 0.15) is 34.1 Å². The highest BCUT2D eigenvalue weighted by molar-refractivity contribution is 4.52. The highest BCUT2D eigenvalue weighted by Gasteiger charge is 2.01. The van der Waals surface area contributed by atoms with Crippen molar-refractivity contribution in [3.05, 3.63) is 0 Å². The average Bonchev–Trinajstić information content (AvgIpc) is 1.65. The zero-order chi connectivity index (χ0) is 5.86. The minimum atomic E-state index is 0.866. The molecule has 0 heterocycles. The van der Waals surface area contributed by atoms with Gasteiger partial charge in [-0.05, 0) is 11.8 Å². The molecular formula is C7H16. The Morgan fingerprint density at radius 1 is 1.14 bits per heavy atom. The van der Waals surface area contributed by atoms with Crippen molar-refractivity contribution in [3.63, 3.8) is 0 Å². The van der Waals surface area contributed by atoms with Crippen LogP contribution in [0.2, 0.25) is 0 Å². The molecular weight excluding hydrogens is 84.1 g/mol. The van der Waals surface area contributed by atoms with Gasteiger partial charge in [0.1, 0.15) is 0 Å². The van der Waals surface area contributed by atoms with Gasteiger partial charge in [0.25, 0.3) is 0 Å². The second-order valence-corrected chi connectivity index (χ2v) is 2.63. The Morgan fingerprint density at radius 3 is 1.57 bits per heavy atom. The van der Waals surface area contributed by atoms with E-state index in [0.717, 1.165) is 11.8 Å². The van der Waals surface area contributed by atoms with E-state index in [1.54, 1.807) is 0 Å². The van der Waals surface area contributed by atoms with Gasteiger partial charge in [-0.1, -0.05) is 34.1 Å². The second-order valence-electron chi connectivity index (χ2n) is 2.63. The molecule has 0 nitrogen and oxygen atoms in total. The van der Waals surface area contributed by atoms with Gasteiger partial charge in [0.05, 0.1) is 0 Å². The SMILES string of the molecule is CC[C@@H](C)C(C)C. The molecule has 0 bridgehead atoms. The lowest BCUT2D eigenvalue weighted by molar-refractivity contribution is 0.407. The van der Waals surface area contributed by atoms with E-state index in [1.807, 2.05) is 0 Å². The summed E-state index contributed by atoms with van der Waals surface area (Å²) in [7, 11) is 0. The normalized spacial score (nSPS) is 15.0. The zero-order valence-electron chi connectivity index (χ0n) is 5.86. The van der Waals surface area contributed by atoms with Crippen molar-refractivity contribution in [2.24, 2.45) is 11.8 Å². The number of rotatable bonds is 2. The van der Waals surface area contributed by atoms with Crippen LogP contribution < -0.4 is 0 Å². The zero-order valence-corrected chi connectivity index (χ0v) is 5.86. The summed E-state index contributed by atoms with van der Waals surface area (Å²) >= 11 is 0. The third-order valence-corrected chi connectivity index (χ3v) is 1.78. The van der Waals surface area contributed by atoms with Crippen molar-refractivity contribution in [1.82, 2.24) is 0 Å². The Hall–Kier alpha value is 0. The fraction of sp³-hybridized carbons (Fsp3) is 1.00. The molecule has 0 saturated carbocycles. The first-order valence-corrected chi connectivity index (χ1v) is 3.18. The molecule has 0 aliphatic heterocycles. The maximum atomic E-state index is 2.30. The van der Waals surface area contributed by atoms with E-state index in [-0.39, 0.29) is 0 Å². The minimum Gasteiger partial charge on any atom is -0.0651 e. The van der Waals surface area contributed by atoms with E-state index < -0.39 is 0 Å². The molecule has 0 saturated heterocycles. The fourth-order valence-corrected chi connectivity index (χ4v) is 0.471. The Morgan fingerprint density at radius 2 is 1.57 bits per heavy atom. The predicted molar refractivity (Wildman–Crippen MR) is 34.3 cm³/mol. The van der Waals surface area contributed by atoms with Gasteiger partial charge < -0.3 is 0 Å². The molecule has 0 unspecified atom stereocenters. The smallest absolute Gasteiger partial charge is 0.0422 e. The van der Waals surface area contributed by atoms with Crippen LogP contribution >= 0.6 is 0 Å². The maximum absolute atomic E-state index is 2.30. The van der Waals surface area contributed by atoms with Crippen LogP contribution in [0.15, 0.2) is 0 Å². The van der Waals surface area contributed by atoms with E-state index in [0.29, 0.717) is 0 Å². The summed E-state index contributed by atoms with van der Waals surface area (Å²) in [4.78, 5) is 0. The van der Waals surface area contributed by atoms with Crippen LogP contribution in [0, 0.1) is 11.8 Å². The van der Waals surface area contributed by atoms with E-state index in [2.05, 4.69) is 27.7 Å². The number of hydrogen-bond donors (Lipinski definition) is 0. The highest BCUT2D eigenvalue weighted by atomic mass is 14.1. The Labute approximate surface area is 46.9 Å². The van der Waals surface area contributed by atoms with Gasteiger partial charge in [0.2, 0.25) is 0 Å². The summed E-state index contributed by atoms with van der Waals surface area (Å²) in [6.45, 7) is 9.08. The first-order valence-electron chi connectivity index (χ1n) is 3.18. The molecule has 0 radical (unpaired) electrons. The van der Waals surface area contributed by atoms with E-state index in [9.17, 15) is 0 Å². The van der Waals surface area contributed by atoms with Gasteiger partial charge in [0.15, 0.2) is 0 Å². The molecule has 0 spiro atoms. The monoisotopic (exact) mass is 100 g/mol. The van der Waals surface area contributed by atoms with Crippen molar-refractivity contribution in [2.45, 2.75) is 34.1 Å². The third kappa shape index (κ3) is 2.67. The number of hydrogen-bond acceptors (Lipinski definition) is 0. The fourth-order valence-electron chi connectivity index (χ4n) is 0.471. The standard InChI is InChI=1S/C7H16/c1-5-7(4)6(2)3/h6-7H,5H2,1-4H3/t7-/m1/s1. The summed E-state index contributed by atoms with van der Waals surface area (Å²) in [5, 5.41) is 0. The summed E-state index contributed by atoms with van der Waals surface area (Å²) in [6, 6.07) is 0. The van der Waals surface area contributed by atoms with Crippen LogP contribution in [0.25, 0.3) is 0 Å². The summed E-state index contributed by atoms with van der Waals surface area (Å²) in [5.41, 5.74) is 0. The lowest BCUT2D eigenvalue weighted by Gasteiger charge is -2.10. The van der Waals surface area contributed by atoms with Crippen molar-refractivity contribution in [1.29, 1.82) is 0 Å². The molecule has 0 fully saturated rings. The van der Waals surface area contributed by atoms with E-state index in [1.165, 1.54) is 6.42 Å². The van der Waals surface area contributed by atoms with Crippen molar-refractivity contribution in [2.75, 3.05) is 0 Å². The van der Waals surface area contributed by atoms with Crippen LogP contribution in [-0.2, 0) is 0 Å². The van der Waals surface area contributed by atoms with E-state index in [4.69, 9.17) is 0 Å². The first-order chi connectivity index (χ1) is 3.18. The third-order valence-electron chi connectivity index (χ3n) is 1.78. The average molecular weight is 100 g/mol. The van der Waals surface area contributed by atoms with Crippen LogP contribution in [-0.4, -0.2) is 0 Å². The van der Waals surface area contributed by atoms with Gasteiger partial charge in [-0.3, -0.25) is 0 Å². The van der Waals surface area contributed by atoms with Crippen LogP contribution in [0.3, 0.4) is 0 Å². The molecule has 0 rings (SSSR count). The summed E-state index contributed by atoms with van der Waals surface area (Å²) in [5.74, 6) is 1.77. The summed E-state index contributed by atoms with van der Waals surface area (Å²) in [6.07, 6.45) is 1.32. The van der Waals surface area contributed by atoms with Crippen molar-refractivity contribution >= 4 is 0 Å². The molecule has 1 atom stereocenters. The quantitative estimate of drug-likeness (QED) is 0.500. The Bertz CT molecular complexity index is 37.3. The molecule has 7 heavy (non-hydrogen) atoms. The van der Waals surface area contributed by atoms with Crippen LogP contribution in [0.5, 0.6) is 0 Å². The van der Waals surface area contributed by atoms with Gasteiger partial charge in [-0.15, -0.1) is 0 Å². The van der Waals surface area contributed by atoms with Crippen LogP contribution in [0.4, 0.5) is 0 Å². The molecule has 0 aromatic heterocycles. The van der Waals surface area contributed by atoms with Gasteiger partial charge in [-0.25, -0.2) is 0 Å². The van der Waals surface area contributed by atoms with Crippen molar-refractivity contribution in [3.8, 4) is 0 Å². The molecule has 0 heteroatoms. The predicted octanol–water partition coefficient (Wildman–Crippen LogP) is 2.69. The molecule has 0 aliphatic carbocycles.